The first-order valence-corrected chi connectivity index (χ1v) is 13.5. The fourth-order valence-electron chi connectivity index (χ4n) is 7.09. The topological polar surface area (TPSA) is 0 Å². The van der Waals surface area contributed by atoms with Crippen molar-refractivity contribution in [1.82, 2.24) is 0 Å². The van der Waals surface area contributed by atoms with Gasteiger partial charge in [-0.3, -0.25) is 0 Å². The van der Waals surface area contributed by atoms with E-state index < -0.39 is 0 Å². The molecule has 3 saturated carbocycles. The van der Waals surface area contributed by atoms with E-state index in [1.54, 1.807) is 112 Å². The van der Waals surface area contributed by atoms with Gasteiger partial charge in [-0.25, -0.2) is 0 Å². The second-order valence-corrected chi connectivity index (χ2v) is 10.8. The van der Waals surface area contributed by atoms with E-state index in [9.17, 15) is 0 Å². The molecule has 0 aromatic heterocycles. The van der Waals surface area contributed by atoms with Crippen LogP contribution in [0.15, 0.2) is 0 Å². The summed E-state index contributed by atoms with van der Waals surface area (Å²) >= 11 is 1.74. The fraction of sp³-hybridized carbons (Fsp3) is 1.00. The normalized spacial score (nSPS) is 24.4. The quantitative estimate of drug-likeness (QED) is 0.246. The van der Waals surface area contributed by atoms with Gasteiger partial charge in [0.05, 0.1) is 0 Å². The van der Waals surface area contributed by atoms with E-state index in [1.165, 1.54) is 30.1 Å². The van der Waals surface area contributed by atoms with Crippen LogP contribution in [0.25, 0.3) is 0 Å². The Labute approximate surface area is 165 Å². The third-order valence-corrected chi connectivity index (χ3v) is 9.14. The van der Waals surface area contributed by atoms with Crippen LogP contribution in [0.1, 0.15) is 116 Å². The second kappa shape index (κ2) is 10.2. The Bertz CT molecular complexity index is 291. The van der Waals surface area contributed by atoms with Gasteiger partial charge in [0.25, 0.3) is 0 Å². The molecular weight excluding hydrogens is 395 g/mol. The van der Waals surface area contributed by atoms with E-state index in [-0.39, 0.29) is 0 Å². The maximum absolute atomic E-state index is 1.74. The Morgan fingerprint density at radius 3 is 1.33 bits per heavy atom. The summed E-state index contributed by atoms with van der Waals surface area (Å²) in [6.45, 7) is 0. The molecule has 3 radical (unpaired) electrons. The van der Waals surface area contributed by atoms with Crippen molar-refractivity contribution in [2.24, 2.45) is 23.2 Å². The average molecular weight is 436 g/mol. The summed E-state index contributed by atoms with van der Waals surface area (Å²) in [7, 11) is 0. The van der Waals surface area contributed by atoms with Crippen molar-refractivity contribution < 1.29 is 0 Å². The average Bonchev–Trinajstić information content (AvgIpc) is 3.37. The molecule has 3 aliphatic rings. The van der Waals surface area contributed by atoms with Crippen molar-refractivity contribution in [3.05, 3.63) is 0 Å². The van der Waals surface area contributed by atoms with Gasteiger partial charge in [-0.1, -0.05) is 0 Å². The second-order valence-electron chi connectivity index (χ2n) is 9.32. The van der Waals surface area contributed by atoms with Crippen molar-refractivity contribution in [3.63, 3.8) is 0 Å². The first-order chi connectivity index (χ1) is 11.9. The van der Waals surface area contributed by atoms with Crippen molar-refractivity contribution in [2.75, 3.05) is 0 Å². The van der Waals surface area contributed by atoms with Gasteiger partial charge in [-0.2, -0.15) is 0 Å². The minimum atomic E-state index is 0.790. The van der Waals surface area contributed by atoms with Gasteiger partial charge in [-0.05, 0) is 0 Å². The Hall–Kier alpha value is 0.799. The number of hydrogen-bond donors (Lipinski definition) is 0. The van der Waals surface area contributed by atoms with Gasteiger partial charge < -0.3 is 0 Å². The summed E-state index contributed by atoms with van der Waals surface area (Å²) in [5.41, 5.74) is 0.790. The van der Waals surface area contributed by atoms with Crippen LogP contribution in [0.2, 0.25) is 4.44 Å². The van der Waals surface area contributed by atoms with Crippen LogP contribution in [0.4, 0.5) is 0 Å². The molecule has 3 rings (SSSR count). The predicted molar refractivity (Wildman–Crippen MR) is 107 cm³/mol. The van der Waals surface area contributed by atoms with Crippen molar-refractivity contribution in [1.29, 1.82) is 0 Å². The minimum absolute atomic E-state index is 0.790. The zero-order valence-electron chi connectivity index (χ0n) is 16.2. The molecule has 0 aliphatic heterocycles. The molecule has 24 heavy (non-hydrogen) atoms. The molecule has 0 saturated heterocycles. The van der Waals surface area contributed by atoms with Gasteiger partial charge >= 0.3 is 166 Å². The summed E-state index contributed by atoms with van der Waals surface area (Å²) in [6.07, 6.45) is 28.0. The van der Waals surface area contributed by atoms with Crippen LogP contribution in [-0.4, -0.2) is 22.5 Å². The molecular formula is C23H41Sn. The molecule has 0 unspecified atom stereocenters. The van der Waals surface area contributed by atoms with Crippen LogP contribution in [0, 0.1) is 23.2 Å². The van der Waals surface area contributed by atoms with Crippen molar-refractivity contribution in [3.8, 4) is 0 Å². The molecule has 3 fully saturated rings. The predicted octanol–water partition coefficient (Wildman–Crippen LogP) is 7.47. The zero-order chi connectivity index (χ0) is 16.7. The molecule has 0 nitrogen and oxygen atoms in total. The van der Waals surface area contributed by atoms with E-state index >= 15 is 0 Å². The summed E-state index contributed by atoms with van der Waals surface area (Å²) in [5, 5.41) is 0. The molecule has 0 N–H and O–H groups in total. The molecule has 0 aromatic carbocycles. The van der Waals surface area contributed by atoms with Crippen molar-refractivity contribution >= 4 is 22.5 Å². The molecule has 0 spiro atoms. The monoisotopic (exact) mass is 437 g/mol. The third-order valence-electron chi connectivity index (χ3n) is 8.13. The van der Waals surface area contributed by atoms with Crippen LogP contribution >= 0.6 is 0 Å². The molecule has 0 aromatic rings. The molecule has 137 valence electrons. The molecule has 3 aliphatic carbocycles. The number of hydrogen-bond acceptors (Lipinski definition) is 0. The van der Waals surface area contributed by atoms with E-state index in [2.05, 4.69) is 0 Å². The number of unbranched alkanes of at least 4 members (excludes halogenated alkanes) is 4. The van der Waals surface area contributed by atoms with Gasteiger partial charge in [-0.15, -0.1) is 0 Å². The summed E-state index contributed by atoms with van der Waals surface area (Å²) in [4.78, 5) is 0. The molecule has 0 atom stereocenters. The molecule has 0 amide bonds. The van der Waals surface area contributed by atoms with Gasteiger partial charge in [0, 0.05) is 0 Å². The first kappa shape index (κ1) is 19.6. The summed E-state index contributed by atoms with van der Waals surface area (Å²) in [6, 6.07) is 0. The SMILES string of the molecule is [Sn][CH2]CCCCCCC(C1CCCC1)(C1CCCC1)C1CCCC1. The van der Waals surface area contributed by atoms with Gasteiger partial charge in [0.1, 0.15) is 0 Å². The zero-order valence-corrected chi connectivity index (χ0v) is 19.0. The number of rotatable bonds is 10. The Kier molecular flexibility index (Phi) is 8.32. The standard InChI is InChI=1S/C23H41.Sn/c1-2-3-4-5-12-19-23(20-13-6-7-14-20,21-15-8-9-16-21)22-17-10-11-18-22;/h20-22H,1-19H2;. The van der Waals surface area contributed by atoms with Gasteiger partial charge in [0.2, 0.25) is 0 Å². The first-order valence-electron chi connectivity index (χ1n) is 11.5. The Balaban J connectivity index is 1.67. The van der Waals surface area contributed by atoms with E-state index in [4.69, 9.17) is 0 Å². The van der Waals surface area contributed by atoms with Crippen LogP contribution in [0.3, 0.4) is 0 Å². The van der Waals surface area contributed by atoms with E-state index in [0.29, 0.717) is 0 Å². The summed E-state index contributed by atoms with van der Waals surface area (Å²) in [5.74, 6) is 3.34. The van der Waals surface area contributed by atoms with E-state index in [1.807, 2.05) is 0 Å². The van der Waals surface area contributed by atoms with Crippen LogP contribution in [0.5, 0.6) is 0 Å². The van der Waals surface area contributed by atoms with E-state index in [0.717, 1.165) is 23.2 Å². The molecule has 0 heterocycles. The van der Waals surface area contributed by atoms with Crippen LogP contribution < -0.4 is 0 Å². The maximum atomic E-state index is 1.74. The Morgan fingerprint density at radius 1 is 0.542 bits per heavy atom. The van der Waals surface area contributed by atoms with Crippen molar-refractivity contribution in [2.45, 2.75) is 120 Å². The van der Waals surface area contributed by atoms with Crippen LogP contribution in [-0.2, 0) is 0 Å². The summed E-state index contributed by atoms with van der Waals surface area (Å²) < 4.78 is 1.48. The Morgan fingerprint density at radius 2 is 0.917 bits per heavy atom. The fourth-order valence-corrected chi connectivity index (χ4v) is 7.80. The van der Waals surface area contributed by atoms with Gasteiger partial charge in [0.15, 0.2) is 0 Å². The molecule has 1 heteroatoms. The third kappa shape index (κ3) is 4.55. The molecule has 0 bridgehead atoms.